The van der Waals surface area contributed by atoms with Crippen molar-refractivity contribution in [2.24, 2.45) is 0 Å². The summed E-state index contributed by atoms with van der Waals surface area (Å²) in [4.78, 5) is 0. The molecule has 0 unspecified atom stereocenters. The lowest BCUT2D eigenvalue weighted by atomic mass is 10.5. The van der Waals surface area contributed by atoms with Crippen molar-refractivity contribution < 1.29 is 21.5 Å². The van der Waals surface area contributed by atoms with Gasteiger partial charge < -0.3 is 16.9 Å². The molecule has 0 atom stereocenters. The minimum absolute atomic E-state index is 0. The van der Waals surface area contributed by atoms with Crippen molar-refractivity contribution >= 4 is 39.9 Å². The van der Waals surface area contributed by atoms with E-state index in [0.29, 0.717) is 5.75 Å². The van der Waals surface area contributed by atoms with Gasteiger partial charge in [-0.25, -0.2) is 4.57 Å². The molecule has 2 nitrogen and oxygen atoms in total. The van der Waals surface area contributed by atoms with Crippen molar-refractivity contribution in [3.8, 4) is 5.75 Å². The Labute approximate surface area is 89.9 Å². The Morgan fingerprint density at radius 3 is 2.25 bits per heavy atom. The molecule has 0 aromatic carbocycles. The van der Waals surface area contributed by atoms with Crippen molar-refractivity contribution in [3.05, 3.63) is 22.9 Å². The Kier molecular flexibility index (Phi) is 5.46. The first kappa shape index (κ1) is 12.5. The molecule has 0 aliphatic carbocycles. The normalized spacial score (nSPS) is 10.2. The minimum atomic E-state index is -3.44. The zero-order valence-electron chi connectivity index (χ0n) is 5.62. The molecule has 0 amide bonds. The van der Waals surface area contributed by atoms with Gasteiger partial charge in [-0.1, -0.05) is 0 Å². The summed E-state index contributed by atoms with van der Waals surface area (Å²) >= 11 is 11.8. The summed E-state index contributed by atoms with van der Waals surface area (Å²) in [5, 5.41) is 3.55. The molecule has 68 valence electrons. The Morgan fingerprint density at radius 2 is 1.83 bits per heavy atom. The fraction of sp³-hybridized carbons (Fsp3) is 0. The first-order chi connectivity index (χ1) is 5.08. The van der Waals surface area contributed by atoms with Gasteiger partial charge in [-0.2, -0.15) is 0 Å². The summed E-state index contributed by atoms with van der Waals surface area (Å²) in [6.45, 7) is 0. The van der Waals surface area contributed by atoms with Gasteiger partial charge in [0, 0.05) is 34.6 Å². The van der Waals surface area contributed by atoms with Gasteiger partial charge in [-0.3, -0.25) is 0 Å². The molecular weight excluding hydrogens is 261 g/mol. The van der Waals surface area contributed by atoms with Gasteiger partial charge >= 0.3 is 6.07 Å². The molecule has 0 saturated carbocycles. The van der Waals surface area contributed by atoms with Crippen molar-refractivity contribution in [1.82, 2.24) is 0 Å². The zero-order valence-corrected chi connectivity index (χ0v) is 9.59. The molecule has 1 aromatic heterocycles. The molecule has 0 aliphatic rings. The molecule has 0 radical (unpaired) electrons. The number of halogens is 3. The molecule has 1 rings (SSSR count). The summed E-state index contributed by atoms with van der Waals surface area (Å²) < 4.78 is 15.4. The van der Waals surface area contributed by atoms with Crippen LogP contribution in [0.15, 0.2) is 22.9 Å². The maximum atomic E-state index is 10.7. The van der Waals surface area contributed by atoms with Crippen LogP contribution in [0.2, 0.25) is 0 Å². The highest BCUT2D eigenvalue weighted by Crippen LogP contribution is 2.57. The van der Waals surface area contributed by atoms with Crippen LogP contribution < -0.4 is 16.9 Å². The summed E-state index contributed by atoms with van der Waals surface area (Å²) in [5.41, 5.74) is 0. The number of hydrogen-bond acceptors (Lipinski definition) is 2. The third-order valence-electron chi connectivity index (χ3n) is 0.833. The molecular formula is C5H4Cl3O2PS. The third-order valence-corrected chi connectivity index (χ3v) is 2.26. The van der Waals surface area contributed by atoms with E-state index in [1.54, 1.807) is 22.9 Å². The van der Waals surface area contributed by atoms with Crippen LogP contribution >= 0.6 is 39.9 Å². The summed E-state index contributed by atoms with van der Waals surface area (Å²) in [7, 11) is 0. The second kappa shape index (κ2) is 5.25. The third kappa shape index (κ3) is 5.18. The van der Waals surface area contributed by atoms with Crippen LogP contribution in [-0.4, -0.2) is 0 Å². The second-order valence-electron chi connectivity index (χ2n) is 1.65. The molecule has 0 saturated heterocycles. The van der Waals surface area contributed by atoms with Crippen LogP contribution in [0.25, 0.3) is 0 Å². The van der Waals surface area contributed by atoms with E-state index < -0.39 is 6.07 Å². The molecule has 0 bridgehead atoms. The van der Waals surface area contributed by atoms with Gasteiger partial charge in [0.1, 0.15) is 5.75 Å². The van der Waals surface area contributed by atoms with Gasteiger partial charge in [0.05, 0.1) is 0 Å². The van der Waals surface area contributed by atoms with Crippen molar-refractivity contribution in [2.75, 3.05) is 0 Å². The summed E-state index contributed by atoms with van der Waals surface area (Å²) in [6.07, 6.45) is -3.44. The lowest BCUT2D eigenvalue weighted by Gasteiger charge is -2.02. The van der Waals surface area contributed by atoms with Gasteiger partial charge in [-0.15, -0.1) is 0 Å². The van der Waals surface area contributed by atoms with Gasteiger partial charge in [0.15, 0.2) is 10.8 Å². The van der Waals surface area contributed by atoms with E-state index in [9.17, 15) is 4.57 Å². The Balaban J connectivity index is 0.00000121. The van der Waals surface area contributed by atoms with Crippen LogP contribution in [0.5, 0.6) is 5.75 Å². The molecule has 0 aliphatic heterocycles. The smallest absolute Gasteiger partial charge is 0.428 e. The molecule has 1 heterocycles. The predicted octanol–water partition coefficient (Wildman–Crippen LogP) is 0.998. The molecule has 1 aromatic rings. The quantitative estimate of drug-likeness (QED) is 0.589. The molecule has 0 N–H and O–H groups in total. The summed E-state index contributed by atoms with van der Waals surface area (Å²) in [5.74, 6) is 0.414. The highest BCUT2D eigenvalue weighted by Gasteiger charge is 2.16. The SMILES string of the molecule is O=P(Cl)(Cl)Oc1cc[s+]cc1.[Cl-]. The van der Waals surface area contributed by atoms with E-state index in [1.165, 1.54) is 11.3 Å². The molecule has 0 fully saturated rings. The number of rotatable bonds is 2. The van der Waals surface area contributed by atoms with E-state index in [4.69, 9.17) is 27.0 Å². The maximum absolute atomic E-state index is 10.7. The van der Waals surface area contributed by atoms with Crippen molar-refractivity contribution in [1.29, 1.82) is 0 Å². The highest BCUT2D eigenvalue weighted by molar-refractivity contribution is 8.05. The second-order valence-corrected chi connectivity index (χ2v) is 6.67. The van der Waals surface area contributed by atoms with E-state index in [2.05, 4.69) is 0 Å². The largest absolute Gasteiger partial charge is 1.00 e. The van der Waals surface area contributed by atoms with Crippen LogP contribution in [-0.2, 0) is 4.57 Å². The van der Waals surface area contributed by atoms with E-state index in [1.807, 2.05) is 0 Å². The van der Waals surface area contributed by atoms with Gasteiger partial charge in [0.25, 0.3) is 0 Å². The van der Waals surface area contributed by atoms with Gasteiger partial charge in [0.2, 0.25) is 11.3 Å². The average Bonchev–Trinajstić information content (AvgIpc) is 1.85. The van der Waals surface area contributed by atoms with E-state index in [0.717, 1.165) is 0 Å². The van der Waals surface area contributed by atoms with Crippen LogP contribution in [0.3, 0.4) is 0 Å². The fourth-order valence-electron chi connectivity index (χ4n) is 0.497. The average molecular weight is 265 g/mol. The lowest BCUT2D eigenvalue weighted by Crippen LogP contribution is -3.00. The topological polar surface area (TPSA) is 26.3 Å². The lowest BCUT2D eigenvalue weighted by molar-refractivity contribution is -0.00000403. The fourth-order valence-corrected chi connectivity index (χ4v) is 1.86. The van der Waals surface area contributed by atoms with Crippen molar-refractivity contribution in [3.63, 3.8) is 0 Å². The molecule has 12 heavy (non-hydrogen) atoms. The predicted molar refractivity (Wildman–Crippen MR) is 48.7 cm³/mol. The standard InChI is InChI=1S/C5H4Cl2O2PS.ClH/c6-10(7,8)9-5-1-3-11-4-2-5;/h1-4H;1H/q+1;/p-1. The van der Waals surface area contributed by atoms with Crippen LogP contribution in [0.1, 0.15) is 0 Å². The first-order valence-electron chi connectivity index (χ1n) is 2.62. The van der Waals surface area contributed by atoms with Crippen LogP contribution in [0, 0.1) is 0 Å². The summed E-state index contributed by atoms with van der Waals surface area (Å²) in [6, 6.07) is 3.28. The highest BCUT2D eigenvalue weighted by atomic mass is 35.9. The van der Waals surface area contributed by atoms with E-state index in [-0.39, 0.29) is 12.4 Å². The molecule has 7 heteroatoms. The van der Waals surface area contributed by atoms with Crippen LogP contribution in [0.4, 0.5) is 0 Å². The first-order valence-corrected chi connectivity index (χ1v) is 7.00. The monoisotopic (exact) mass is 264 g/mol. The number of hydrogen-bond donors (Lipinski definition) is 0. The van der Waals surface area contributed by atoms with E-state index >= 15 is 0 Å². The zero-order chi connectivity index (χ0) is 8.32. The molecule has 0 spiro atoms. The van der Waals surface area contributed by atoms with Gasteiger partial charge in [-0.05, 0) is 0 Å². The Bertz CT molecular complexity index is 275. The Morgan fingerprint density at radius 1 is 1.33 bits per heavy atom. The minimum Gasteiger partial charge on any atom is -1.00 e. The Hall–Kier alpha value is 0.470. The maximum Gasteiger partial charge on any atom is 0.428 e. The van der Waals surface area contributed by atoms with Crippen molar-refractivity contribution in [2.45, 2.75) is 0 Å².